The zero-order valence-electron chi connectivity index (χ0n) is 12.0. The second kappa shape index (κ2) is 7.29. The summed E-state index contributed by atoms with van der Waals surface area (Å²) < 4.78 is 35.2. The molecular weight excluding hydrogens is 271 g/mol. The van der Waals surface area contributed by atoms with Crippen molar-refractivity contribution in [1.29, 1.82) is 0 Å². The molecule has 1 heterocycles. The highest BCUT2D eigenvalue weighted by Crippen LogP contribution is 2.56. The third-order valence-electron chi connectivity index (χ3n) is 3.93. The van der Waals surface area contributed by atoms with Crippen LogP contribution in [0.15, 0.2) is 0 Å². The Hall–Kier alpha value is -0.780. The molecule has 0 spiro atoms. The van der Waals surface area contributed by atoms with Crippen LogP contribution in [-0.4, -0.2) is 41.8 Å². The number of nitrogens with zero attached hydrogens (tertiary/aromatic N) is 1. The number of hydrogen-bond acceptors (Lipinski definition) is 2. The molecule has 0 aromatic heterocycles. The van der Waals surface area contributed by atoms with Gasteiger partial charge in [-0.15, -0.1) is 0 Å². The summed E-state index contributed by atoms with van der Waals surface area (Å²) in [6.07, 6.45) is 1.41. The lowest BCUT2D eigenvalue weighted by atomic mass is 10.1. The summed E-state index contributed by atoms with van der Waals surface area (Å²) in [6, 6.07) is 0. The summed E-state index contributed by atoms with van der Waals surface area (Å²) in [6.45, 7) is 3.30. The van der Waals surface area contributed by atoms with Crippen molar-refractivity contribution >= 4 is 5.91 Å². The van der Waals surface area contributed by atoms with Crippen LogP contribution in [0.25, 0.3) is 0 Å². The van der Waals surface area contributed by atoms with Crippen molar-refractivity contribution in [3.8, 4) is 0 Å². The van der Waals surface area contributed by atoms with Crippen molar-refractivity contribution in [2.75, 3.05) is 19.7 Å². The van der Waals surface area contributed by atoms with Crippen LogP contribution in [-0.2, 0) is 4.79 Å². The first kappa shape index (κ1) is 17.3. The maximum absolute atomic E-state index is 11.7. The van der Waals surface area contributed by atoms with Crippen molar-refractivity contribution in [2.45, 2.75) is 58.0 Å². The first-order valence-electron chi connectivity index (χ1n) is 7.31. The van der Waals surface area contributed by atoms with Crippen LogP contribution in [0.3, 0.4) is 0 Å². The Bertz CT molecular complexity index is 308. The maximum atomic E-state index is 11.7. The molecule has 2 fully saturated rings. The molecule has 3 nitrogen and oxygen atoms in total. The monoisotopic (exact) mass is 295 g/mol. The number of halogens is 3. The smallest absolute Gasteiger partial charge is 0.395 e. The zero-order valence-corrected chi connectivity index (χ0v) is 12.0. The number of likely N-dealkylation sites (tertiary alicyclic amines) is 1. The maximum Gasteiger partial charge on any atom is 0.396 e. The number of aliphatic hydroxyl groups excluding tert-OH is 1. The van der Waals surface area contributed by atoms with Crippen LogP contribution in [0, 0.1) is 5.41 Å². The van der Waals surface area contributed by atoms with E-state index >= 15 is 0 Å². The van der Waals surface area contributed by atoms with Crippen molar-refractivity contribution in [3.05, 3.63) is 0 Å². The Morgan fingerprint density at radius 3 is 2.05 bits per heavy atom. The Morgan fingerprint density at radius 2 is 1.75 bits per heavy atom. The van der Waals surface area contributed by atoms with Gasteiger partial charge in [0.2, 0.25) is 5.91 Å². The third-order valence-corrected chi connectivity index (χ3v) is 3.93. The van der Waals surface area contributed by atoms with Crippen LogP contribution in [0.4, 0.5) is 13.2 Å². The largest absolute Gasteiger partial charge is 0.396 e. The minimum Gasteiger partial charge on any atom is -0.395 e. The summed E-state index contributed by atoms with van der Waals surface area (Å²) in [5.41, 5.74) is -1.72. The molecule has 0 aromatic carbocycles. The van der Waals surface area contributed by atoms with E-state index in [1.165, 1.54) is 19.3 Å². The molecule has 1 amide bonds. The minimum absolute atomic E-state index is 0.0903. The van der Waals surface area contributed by atoms with Crippen LogP contribution < -0.4 is 0 Å². The Morgan fingerprint density at radius 1 is 1.20 bits per heavy atom. The van der Waals surface area contributed by atoms with Crippen molar-refractivity contribution in [1.82, 2.24) is 4.90 Å². The summed E-state index contributed by atoms with van der Waals surface area (Å²) in [4.78, 5) is 13.3. The molecular formula is C14H24F3NO2. The van der Waals surface area contributed by atoms with E-state index < -0.39 is 18.2 Å². The summed E-state index contributed by atoms with van der Waals surface area (Å²) >= 11 is 0. The van der Waals surface area contributed by atoms with Crippen LogP contribution in [0.2, 0.25) is 0 Å². The van der Waals surface area contributed by atoms with Crippen molar-refractivity contribution in [2.24, 2.45) is 5.41 Å². The topological polar surface area (TPSA) is 40.5 Å². The minimum atomic E-state index is -4.19. The van der Waals surface area contributed by atoms with Crippen molar-refractivity contribution in [3.63, 3.8) is 0 Å². The lowest BCUT2D eigenvalue weighted by Crippen LogP contribution is -2.35. The Labute approximate surface area is 118 Å². The highest BCUT2D eigenvalue weighted by Gasteiger charge is 2.62. The van der Waals surface area contributed by atoms with Gasteiger partial charge in [0.25, 0.3) is 0 Å². The first-order chi connectivity index (χ1) is 9.36. The molecule has 1 saturated carbocycles. The number of carbonyl (C=O) groups excluding carboxylic acids is 1. The number of piperidine rings is 1. The van der Waals surface area contributed by atoms with Gasteiger partial charge in [-0.05, 0) is 38.5 Å². The highest BCUT2D eigenvalue weighted by molar-refractivity contribution is 5.76. The molecule has 2 rings (SSSR count). The predicted molar refractivity (Wildman–Crippen MR) is 70.1 cm³/mol. The van der Waals surface area contributed by atoms with Gasteiger partial charge in [0, 0.05) is 19.5 Å². The predicted octanol–water partition coefficient (Wildman–Crippen LogP) is 3.12. The number of carbonyl (C=O) groups is 1. The number of amides is 1. The molecule has 2 aliphatic rings. The fourth-order valence-electron chi connectivity index (χ4n) is 2.20. The van der Waals surface area contributed by atoms with E-state index in [9.17, 15) is 18.0 Å². The van der Waals surface area contributed by atoms with E-state index in [0.29, 0.717) is 5.91 Å². The lowest BCUT2D eigenvalue weighted by Gasteiger charge is -2.26. The Kier molecular flexibility index (Phi) is 6.30. The molecule has 0 aromatic rings. The lowest BCUT2D eigenvalue weighted by molar-refractivity contribution is -0.196. The molecule has 1 aliphatic heterocycles. The summed E-state index contributed by atoms with van der Waals surface area (Å²) in [5.74, 6) is 0.354. The van der Waals surface area contributed by atoms with Gasteiger partial charge in [-0.3, -0.25) is 4.79 Å². The number of aliphatic hydroxyl groups is 1. The average Bonchev–Trinajstić information content (AvgIpc) is 3.21. The number of hydrogen-bond donors (Lipinski definition) is 1. The van der Waals surface area contributed by atoms with Crippen LogP contribution in [0.1, 0.15) is 51.9 Å². The molecule has 1 N–H and O–H groups in total. The Balaban J connectivity index is 0.000000204. The molecule has 1 saturated heterocycles. The van der Waals surface area contributed by atoms with E-state index in [0.717, 1.165) is 25.9 Å². The van der Waals surface area contributed by atoms with Gasteiger partial charge in [-0.25, -0.2) is 0 Å². The van der Waals surface area contributed by atoms with Gasteiger partial charge in [-0.2, -0.15) is 13.2 Å². The van der Waals surface area contributed by atoms with Crippen molar-refractivity contribution < 1.29 is 23.1 Å². The molecule has 0 unspecified atom stereocenters. The number of rotatable bonds is 3. The van der Waals surface area contributed by atoms with E-state index in [2.05, 4.69) is 6.92 Å². The van der Waals surface area contributed by atoms with Gasteiger partial charge in [0.1, 0.15) is 0 Å². The molecule has 118 valence electrons. The summed E-state index contributed by atoms with van der Waals surface area (Å²) in [5, 5.41) is 8.27. The van der Waals surface area contributed by atoms with E-state index in [-0.39, 0.29) is 12.8 Å². The molecule has 1 aliphatic carbocycles. The van der Waals surface area contributed by atoms with Gasteiger partial charge < -0.3 is 10.0 Å². The quantitative estimate of drug-likeness (QED) is 0.869. The van der Waals surface area contributed by atoms with Gasteiger partial charge >= 0.3 is 6.18 Å². The third kappa shape index (κ3) is 4.65. The van der Waals surface area contributed by atoms with Crippen LogP contribution >= 0.6 is 0 Å². The first-order valence-corrected chi connectivity index (χ1v) is 7.31. The second-order valence-corrected chi connectivity index (χ2v) is 5.63. The standard InChI is InChI=1S/C9H17NO.C5H7F3O/c1-2-6-9(11)10-7-4-3-5-8-10;6-5(7,8)4(3-9)1-2-4/h2-8H2,1H3;9H,1-3H2. The average molecular weight is 295 g/mol. The molecule has 6 heteroatoms. The molecule has 0 bridgehead atoms. The zero-order chi connectivity index (χ0) is 15.2. The van der Waals surface area contributed by atoms with E-state index in [4.69, 9.17) is 5.11 Å². The molecule has 20 heavy (non-hydrogen) atoms. The normalized spacial score (nSPS) is 20.9. The second-order valence-electron chi connectivity index (χ2n) is 5.63. The highest BCUT2D eigenvalue weighted by atomic mass is 19.4. The summed E-state index contributed by atoms with van der Waals surface area (Å²) in [7, 11) is 0. The molecule has 0 atom stereocenters. The van der Waals surface area contributed by atoms with E-state index in [1.54, 1.807) is 0 Å². The fraction of sp³-hybridized carbons (Fsp3) is 0.929. The van der Waals surface area contributed by atoms with Gasteiger partial charge in [0.15, 0.2) is 0 Å². The molecule has 0 radical (unpaired) electrons. The SMILES string of the molecule is CCCC(=O)N1CCCCC1.OCC1(C(F)(F)F)CC1. The van der Waals surface area contributed by atoms with Crippen LogP contribution in [0.5, 0.6) is 0 Å². The fourth-order valence-corrected chi connectivity index (χ4v) is 2.20. The van der Waals surface area contributed by atoms with E-state index in [1.807, 2.05) is 4.90 Å². The number of alkyl halides is 3. The van der Waals surface area contributed by atoms with Gasteiger partial charge in [-0.1, -0.05) is 6.92 Å². The van der Waals surface area contributed by atoms with Gasteiger partial charge in [0.05, 0.1) is 12.0 Å².